The van der Waals surface area contributed by atoms with Crippen molar-refractivity contribution in [2.45, 2.75) is 12.5 Å². The fourth-order valence-electron chi connectivity index (χ4n) is 1.33. The second-order valence-corrected chi connectivity index (χ2v) is 3.16. The second kappa shape index (κ2) is 5.93. The summed E-state index contributed by atoms with van der Waals surface area (Å²) < 4.78 is 0. The lowest BCUT2D eigenvalue weighted by molar-refractivity contribution is -0.126. The van der Waals surface area contributed by atoms with Gasteiger partial charge in [-0.05, 0) is 19.0 Å². The third-order valence-corrected chi connectivity index (χ3v) is 2.15. The topological polar surface area (TPSA) is 58.2 Å². The maximum atomic E-state index is 11.4. The van der Waals surface area contributed by atoms with E-state index in [2.05, 4.69) is 10.6 Å². The minimum absolute atomic E-state index is 0.309. The highest BCUT2D eigenvalue weighted by atomic mass is 16.2. The van der Waals surface area contributed by atoms with Crippen molar-refractivity contribution < 1.29 is 9.59 Å². The molecule has 0 aliphatic carbocycles. The molecular formula is C11H14N2O2. The van der Waals surface area contributed by atoms with Crippen LogP contribution < -0.4 is 10.6 Å². The Hall–Kier alpha value is -1.68. The standard InChI is InChI=1S/C11H14N2O2/c1-12-10(11(15)13-8-14)7-9-5-3-2-4-6-9/h2-6,8,10,12H,7H2,1H3,(H,13,14,15). The summed E-state index contributed by atoms with van der Waals surface area (Å²) >= 11 is 0. The molecule has 1 aromatic carbocycles. The molecule has 0 heterocycles. The van der Waals surface area contributed by atoms with Crippen molar-refractivity contribution >= 4 is 12.3 Å². The first-order valence-electron chi connectivity index (χ1n) is 4.73. The number of hydrogen-bond donors (Lipinski definition) is 2. The van der Waals surface area contributed by atoms with Crippen molar-refractivity contribution in [2.24, 2.45) is 0 Å². The van der Waals surface area contributed by atoms with Gasteiger partial charge in [0.15, 0.2) is 0 Å². The van der Waals surface area contributed by atoms with Crippen molar-refractivity contribution in [3.05, 3.63) is 35.9 Å². The fraction of sp³-hybridized carbons (Fsp3) is 0.273. The van der Waals surface area contributed by atoms with Gasteiger partial charge in [0.2, 0.25) is 12.3 Å². The molecule has 15 heavy (non-hydrogen) atoms. The Morgan fingerprint density at radius 2 is 2.07 bits per heavy atom. The van der Waals surface area contributed by atoms with E-state index in [-0.39, 0.29) is 11.9 Å². The lowest BCUT2D eigenvalue weighted by Crippen LogP contribution is -2.43. The molecule has 0 bridgehead atoms. The van der Waals surface area contributed by atoms with E-state index < -0.39 is 0 Å². The summed E-state index contributed by atoms with van der Waals surface area (Å²) in [5.74, 6) is -0.309. The highest BCUT2D eigenvalue weighted by molar-refractivity contribution is 5.90. The molecule has 1 aromatic rings. The Bertz CT molecular complexity index is 325. The summed E-state index contributed by atoms with van der Waals surface area (Å²) in [5, 5.41) is 5.00. The summed E-state index contributed by atoms with van der Waals surface area (Å²) in [6.45, 7) is 0. The molecule has 1 unspecified atom stereocenters. The molecule has 0 saturated carbocycles. The highest BCUT2D eigenvalue weighted by Gasteiger charge is 2.15. The van der Waals surface area contributed by atoms with Gasteiger partial charge in [0.05, 0.1) is 6.04 Å². The Morgan fingerprint density at radius 3 is 2.60 bits per heavy atom. The van der Waals surface area contributed by atoms with Crippen LogP contribution in [0, 0.1) is 0 Å². The monoisotopic (exact) mass is 206 g/mol. The van der Waals surface area contributed by atoms with Gasteiger partial charge in [-0.15, -0.1) is 0 Å². The molecule has 1 rings (SSSR count). The normalized spacial score (nSPS) is 11.8. The van der Waals surface area contributed by atoms with Crippen LogP contribution in [-0.2, 0) is 16.0 Å². The summed E-state index contributed by atoms with van der Waals surface area (Å²) in [6.07, 6.45) is 0.967. The molecule has 2 N–H and O–H groups in total. The first kappa shape index (κ1) is 11.4. The van der Waals surface area contributed by atoms with E-state index in [0.29, 0.717) is 12.8 Å². The predicted molar refractivity (Wildman–Crippen MR) is 57.2 cm³/mol. The lowest BCUT2D eigenvalue weighted by Gasteiger charge is -2.13. The van der Waals surface area contributed by atoms with Gasteiger partial charge in [-0.2, -0.15) is 0 Å². The molecule has 0 saturated heterocycles. The Labute approximate surface area is 88.7 Å². The Kier molecular flexibility index (Phi) is 4.50. The summed E-state index contributed by atoms with van der Waals surface area (Å²) in [6, 6.07) is 9.26. The number of nitrogens with one attached hydrogen (secondary N) is 2. The van der Waals surface area contributed by atoms with Gasteiger partial charge in [0, 0.05) is 0 Å². The van der Waals surface area contributed by atoms with Crippen molar-refractivity contribution in [3.8, 4) is 0 Å². The number of carbonyl (C=O) groups is 2. The van der Waals surface area contributed by atoms with E-state index in [1.54, 1.807) is 7.05 Å². The van der Waals surface area contributed by atoms with Crippen LogP contribution in [0.25, 0.3) is 0 Å². The molecule has 0 spiro atoms. The van der Waals surface area contributed by atoms with Crippen LogP contribution >= 0.6 is 0 Å². The van der Waals surface area contributed by atoms with Gasteiger partial charge >= 0.3 is 0 Å². The Balaban J connectivity index is 2.61. The molecule has 0 aliphatic heterocycles. The van der Waals surface area contributed by atoms with Crippen LogP contribution in [-0.4, -0.2) is 25.4 Å². The lowest BCUT2D eigenvalue weighted by atomic mass is 10.1. The molecule has 0 aromatic heterocycles. The number of likely N-dealkylation sites (N-methyl/N-ethyl adjacent to an activating group) is 1. The fourth-order valence-corrected chi connectivity index (χ4v) is 1.33. The summed E-state index contributed by atoms with van der Waals surface area (Å²) in [5.41, 5.74) is 1.05. The van der Waals surface area contributed by atoms with Crippen LogP contribution in [0.2, 0.25) is 0 Å². The van der Waals surface area contributed by atoms with Crippen LogP contribution in [0.1, 0.15) is 5.56 Å². The molecule has 0 radical (unpaired) electrons. The van der Waals surface area contributed by atoms with Crippen LogP contribution in [0.3, 0.4) is 0 Å². The molecule has 1 atom stereocenters. The molecule has 4 nitrogen and oxygen atoms in total. The maximum Gasteiger partial charge on any atom is 0.243 e. The smallest absolute Gasteiger partial charge is 0.243 e. The first-order valence-corrected chi connectivity index (χ1v) is 4.73. The number of imide groups is 1. The van der Waals surface area contributed by atoms with Crippen LogP contribution in [0.15, 0.2) is 30.3 Å². The Morgan fingerprint density at radius 1 is 1.40 bits per heavy atom. The predicted octanol–water partition coefficient (Wildman–Crippen LogP) is 0.0897. The number of hydrogen-bond acceptors (Lipinski definition) is 3. The summed E-state index contributed by atoms with van der Waals surface area (Å²) in [7, 11) is 1.69. The number of amides is 2. The van der Waals surface area contributed by atoms with E-state index in [1.807, 2.05) is 30.3 Å². The number of benzene rings is 1. The van der Waals surface area contributed by atoms with E-state index in [0.717, 1.165) is 5.56 Å². The van der Waals surface area contributed by atoms with E-state index >= 15 is 0 Å². The van der Waals surface area contributed by atoms with E-state index in [4.69, 9.17) is 0 Å². The van der Waals surface area contributed by atoms with Crippen molar-refractivity contribution in [1.29, 1.82) is 0 Å². The zero-order valence-corrected chi connectivity index (χ0v) is 8.57. The van der Waals surface area contributed by atoms with Crippen molar-refractivity contribution in [2.75, 3.05) is 7.05 Å². The third-order valence-electron chi connectivity index (χ3n) is 2.15. The molecule has 0 fully saturated rings. The zero-order chi connectivity index (χ0) is 11.1. The molecule has 0 aliphatic rings. The van der Waals surface area contributed by atoms with Crippen LogP contribution in [0.5, 0.6) is 0 Å². The highest BCUT2D eigenvalue weighted by Crippen LogP contribution is 2.02. The summed E-state index contributed by atoms with van der Waals surface area (Å²) in [4.78, 5) is 21.5. The van der Waals surface area contributed by atoms with Gasteiger partial charge in [0.25, 0.3) is 0 Å². The minimum atomic E-state index is -0.377. The SMILES string of the molecule is CNC(Cc1ccccc1)C(=O)NC=O. The van der Waals surface area contributed by atoms with Crippen molar-refractivity contribution in [1.82, 2.24) is 10.6 Å². The van der Waals surface area contributed by atoms with Crippen LogP contribution in [0.4, 0.5) is 0 Å². The average molecular weight is 206 g/mol. The van der Waals surface area contributed by atoms with Gasteiger partial charge < -0.3 is 5.32 Å². The molecular weight excluding hydrogens is 192 g/mol. The van der Waals surface area contributed by atoms with Gasteiger partial charge in [-0.3, -0.25) is 14.9 Å². The largest absolute Gasteiger partial charge is 0.309 e. The number of rotatable bonds is 5. The number of carbonyl (C=O) groups excluding carboxylic acids is 2. The van der Waals surface area contributed by atoms with E-state index in [9.17, 15) is 9.59 Å². The van der Waals surface area contributed by atoms with E-state index in [1.165, 1.54) is 0 Å². The second-order valence-electron chi connectivity index (χ2n) is 3.16. The third kappa shape index (κ3) is 3.52. The molecule has 2 amide bonds. The van der Waals surface area contributed by atoms with Crippen molar-refractivity contribution in [3.63, 3.8) is 0 Å². The molecule has 80 valence electrons. The minimum Gasteiger partial charge on any atom is -0.309 e. The zero-order valence-electron chi connectivity index (χ0n) is 8.57. The van der Waals surface area contributed by atoms with Gasteiger partial charge in [-0.25, -0.2) is 0 Å². The quantitative estimate of drug-likeness (QED) is 0.671. The first-order chi connectivity index (χ1) is 7.27. The average Bonchev–Trinajstić information content (AvgIpc) is 2.27. The van der Waals surface area contributed by atoms with Gasteiger partial charge in [0.1, 0.15) is 0 Å². The molecule has 4 heteroatoms. The van der Waals surface area contributed by atoms with Gasteiger partial charge in [-0.1, -0.05) is 30.3 Å². The maximum absolute atomic E-state index is 11.4.